The standard InChI is InChI=1S/C14H17N5O/c15-14(20)12-10-16-6-2-13(12)18-8-3-11(4-9-18)19-7-1-5-17-19/h1-2,5-7,10-11H,3-4,8-9H2,(H2,15,20). The number of carbonyl (C=O) groups excluding carboxylic acids is 1. The van der Waals surface area contributed by atoms with Gasteiger partial charge in [-0.1, -0.05) is 0 Å². The van der Waals surface area contributed by atoms with E-state index in [1.54, 1.807) is 12.4 Å². The molecule has 0 aliphatic carbocycles. The minimum absolute atomic E-state index is 0.428. The fourth-order valence-electron chi connectivity index (χ4n) is 2.72. The van der Waals surface area contributed by atoms with Crippen molar-refractivity contribution < 1.29 is 4.79 Å². The first-order valence-corrected chi connectivity index (χ1v) is 6.73. The minimum Gasteiger partial charge on any atom is -0.371 e. The van der Waals surface area contributed by atoms with E-state index in [9.17, 15) is 4.79 Å². The lowest BCUT2D eigenvalue weighted by Crippen LogP contribution is -2.36. The van der Waals surface area contributed by atoms with Crippen LogP contribution in [-0.2, 0) is 0 Å². The molecule has 2 aromatic rings. The second-order valence-corrected chi connectivity index (χ2v) is 4.96. The molecule has 20 heavy (non-hydrogen) atoms. The van der Waals surface area contributed by atoms with Gasteiger partial charge in [-0.25, -0.2) is 0 Å². The first-order valence-electron chi connectivity index (χ1n) is 6.73. The number of carbonyl (C=O) groups is 1. The summed E-state index contributed by atoms with van der Waals surface area (Å²) in [5.41, 5.74) is 6.78. The molecule has 0 spiro atoms. The van der Waals surface area contributed by atoms with Crippen molar-refractivity contribution in [3.05, 3.63) is 42.5 Å². The Hall–Kier alpha value is -2.37. The van der Waals surface area contributed by atoms with Crippen LogP contribution in [0.25, 0.3) is 0 Å². The van der Waals surface area contributed by atoms with Gasteiger partial charge < -0.3 is 10.6 Å². The Labute approximate surface area is 117 Å². The molecule has 2 N–H and O–H groups in total. The Morgan fingerprint density at radius 1 is 1.30 bits per heavy atom. The van der Waals surface area contributed by atoms with E-state index in [1.807, 2.05) is 23.0 Å². The Bertz CT molecular complexity index is 587. The molecular formula is C14H17N5O. The van der Waals surface area contributed by atoms with Crippen molar-refractivity contribution in [3.8, 4) is 0 Å². The number of piperidine rings is 1. The molecule has 0 atom stereocenters. The summed E-state index contributed by atoms with van der Waals surface area (Å²) in [6, 6.07) is 4.23. The van der Waals surface area contributed by atoms with E-state index in [2.05, 4.69) is 15.0 Å². The van der Waals surface area contributed by atoms with Crippen LogP contribution in [0.2, 0.25) is 0 Å². The van der Waals surface area contributed by atoms with E-state index in [-0.39, 0.29) is 0 Å². The van der Waals surface area contributed by atoms with Crippen LogP contribution in [-0.4, -0.2) is 33.8 Å². The summed E-state index contributed by atoms with van der Waals surface area (Å²) in [6.45, 7) is 1.77. The van der Waals surface area contributed by atoms with Crippen molar-refractivity contribution >= 4 is 11.6 Å². The second kappa shape index (κ2) is 5.32. The van der Waals surface area contributed by atoms with Crippen molar-refractivity contribution in [2.24, 2.45) is 5.73 Å². The third-order valence-electron chi connectivity index (χ3n) is 3.77. The van der Waals surface area contributed by atoms with Crippen molar-refractivity contribution in [2.45, 2.75) is 18.9 Å². The quantitative estimate of drug-likeness (QED) is 0.910. The number of aromatic nitrogens is 3. The summed E-state index contributed by atoms with van der Waals surface area (Å²) in [4.78, 5) is 17.6. The van der Waals surface area contributed by atoms with Crippen LogP contribution in [0.4, 0.5) is 5.69 Å². The molecule has 1 aliphatic heterocycles. The SMILES string of the molecule is NC(=O)c1cnccc1N1CCC(n2cccn2)CC1. The van der Waals surface area contributed by atoms with Crippen LogP contribution in [0.3, 0.4) is 0 Å². The first-order chi connectivity index (χ1) is 9.75. The summed E-state index contributed by atoms with van der Waals surface area (Å²) < 4.78 is 2.01. The molecule has 0 radical (unpaired) electrons. The van der Waals surface area contributed by atoms with Gasteiger partial charge in [-0.15, -0.1) is 0 Å². The maximum absolute atomic E-state index is 11.5. The molecule has 0 aromatic carbocycles. The summed E-state index contributed by atoms with van der Waals surface area (Å²) in [7, 11) is 0. The lowest BCUT2D eigenvalue weighted by Gasteiger charge is -2.34. The van der Waals surface area contributed by atoms with Crippen LogP contribution >= 0.6 is 0 Å². The Morgan fingerprint density at radius 2 is 2.10 bits per heavy atom. The molecule has 0 saturated carbocycles. The first kappa shape index (κ1) is 12.7. The molecule has 1 aliphatic rings. The normalized spacial score (nSPS) is 16.3. The summed E-state index contributed by atoms with van der Waals surface area (Å²) in [6.07, 6.45) is 9.05. The maximum atomic E-state index is 11.5. The summed E-state index contributed by atoms with van der Waals surface area (Å²) in [5, 5.41) is 4.30. The molecule has 104 valence electrons. The van der Waals surface area contributed by atoms with E-state index in [0.717, 1.165) is 31.6 Å². The number of nitrogens with zero attached hydrogens (tertiary/aromatic N) is 4. The van der Waals surface area contributed by atoms with E-state index < -0.39 is 5.91 Å². The molecule has 2 aromatic heterocycles. The van der Waals surface area contributed by atoms with Gasteiger partial charge in [0.25, 0.3) is 5.91 Å². The summed E-state index contributed by atoms with van der Waals surface area (Å²) in [5.74, 6) is -0.428. The van der Waals surface area contributed by atoms with Crippen molar-refractivity contribution in [3.63, 3.8) is 0 Å². The van der Waals surface area contributed by atoms with E-state index in [1.165, 1.54) is 6.20 Å². The number of hydrogen-bond acceptors (Lipinski definition) is 4. The van der Waals surface area contributed by atoms with Gasteiger partial charge in [0.2, 0.25) is 0 Å². The van der Waals surface area contributed by atoms with Crippen LogP contribution in [0.1, 0.15) is 29.2 Å². The monoisotopic (exact) mass is 271 g/mol. The highest BCUT2D eigenvalue weighted by Crippen LogP contribution is 2.27. The van der Waals surface area contributed by atoms with Crippen molar-refractivity contribution in [2.75, 3.05) is 18.0 Å². The highest BCUT2D eigenvalue weighted by atomic mass is 16.1. The van der Waals surface area contributed by atoms with Gasteiger partial charge in [0.05, 0.1) is 17.3 Å². The minimum atomic E-state index is -0.428. The van der Waals surface area contributed by atoms with Crippen LogP contribution in [0.5, 0.6) is 0 Å². The van der Waals surface area contributed by atoms with Crippen LogP contribution in [0, 0.1) is 0 Å². The lowest BCUT2D eigenvalue weighted by atomic mass is 10.0. The second-order valence-electron chi connectivity index (χ2n) is 4.96. The predicted molar refractivity (Wildman–Crippen MR) is 75.5 cm³/mol. The van der Waals surface area contributed by atoms with Gasteiger partial charge in [0, 0.05) is 37.9 Å². The number of primary amides is 1. The number of rotatable bonds is 3. The van der Waals surface area contributed by atoms with E-state index >= 15 is 0 Å². The Morgan fingerprint density at radius 3 is 2.75 bits per heavy atom. The molecule has 3 heterocycles. The molecule has 1 fully saturated rings. The molecule has 3 rings (SSSR count). The van der Waals surface area contributed by atoms with Crippen molar-refractivity contribution in [1.82, 2.24) is 14.8 Å². The zero-order valence-electron chi connectivity index (χ0n) is 11.1. The van der Waals surface area contributed by atoms with Gasteiger partial charge in [-0.05, 0) is 25.0 Å². The molecule has 1 saturated heterocycles. The van der Waals surface area contributed by atoms with Crippen molar-refractivity contribution in [1.29, 1.82) is 0 Å². The topological polar surface area (TPSA) is 77.0 Å². The smallest absolute Gasteiger partial charge is 0.252 e. The third-order valence-corrected chi connectivity index (χ3v) is 3.77. The molecular weight excluding hydrogens is 254 g/mol. The average molecular weight is 271 g/mol. The Kier molecular flexibility index (Phi) is 3.37. The zero-order valence-corrected chi connectivity index (χ0v) is 11.1. The van der Waals surface area contributed by atoms with Gasteiger partial charge in [-0.2, -0.15) is 5.10 Å². The van der Waals surface area contributed by atoms with Gasteiger partial charge in [-0.3, -0.25) is 14.5 Å². The number of hydrogen-bond donors (Lipinski definition) is 1. The van der Waals surface area contributed by atoms with Gasteiger partial charge in [0.1, 0.15) is 0 Å². The number of pyridine rings is 1. The number of amides is 1. The van der Waals surface area contributed by atoms with E-state index in [0.29, 0.717) is 11.6 Å². The highest BCUT2D eigenvalue weighted by molar-refractivity contribution is 5.98. The van der Waals surface area contributed by atoms with Crippen LogP contribution < -0.4 is 10.6 Å². The van der Waals surface area contributed by atoms with E-state index in [4.69, 9.17) is 5.73 Å². The fourth-order valence-corrected chi connectivity index (χ4v) is 2.72. The third kappa shape index (κ3) is 2.36. The lowest BCUT2D eigenvalue weighted by molar-refractivity contribution is 0.100. The Balaban J connectivity index is 1.74. The predicted octanol–water partition coefficient (Wildman–Crippen LogP) is 1.22. The fraction of sp³-hybridized carbons (Fsp3) is 0.357. The molecule has 6 nitrogen and oxygen atoms in total. The van der Waals surface area contributed by atoms with Crippen LogP contribution in [0.15, 0.2) is 36.9 Å². The zero-order chi connectivity index (χ0) is 13.9. The van der Waals surface area contributed by atoms with Gasteiger partial charge >= 0.3 is 0 Å². The molecule has 0 unspecified atom stereocenters. The molecule has 6 heteroatoms. The number of nitrogens with two attached hydrogens (primary N) is 1. The summed E-state index contributed by atoms with van der Waals surface area (Å²) >= 11 is 0. The molecule has 1 amide bonds. The average Bonchev–Trinajstić information content (AvgIpc) is 3.02. The molecule has 0 bridgehead atoms. The maximum Gasteiger partial charge on any atom is 0.252 e. The number of anilines is 1. The largest absolute Gasteiger partial charge is 0.371 e. The van der Waals surface area contributed by atoms with Gasteiger partial charge in [0.15, 0.2) is 0 Å². The highest BCUT2D eigenvalue weighted by Gasteiger charge is 2.23.